The van der Waals surface area contributed by atoms with E-state index < -0.39 is 10.0 Å². The molecule has 0 aromatic carbocycles. The van der Waals surface area contributed by atoms with Crippen molar-refractivity contribution in [2.24, 2.45) is 0 Å². The Balaban J connectivity index is 1.94. The van der Waals surface area contributed by atoms with Gasteiger partial charge in [0.1, 0.15) is 10.8 Å². The van der Waals surface area contributed by atoms with Crippen LogP contribution in [0.4, 0.5) is 0 Å². The molecule has 1 N–H and O–H groups in total. The third-order valence-corrected chi connectivity index (χ3v) is 6.24. The first-order valence-electron chi connectivity index (χ1n) is 6.36. The molecule has 1 fully saturated rings. The maximum atomic E-state index is 12.1. The predicted octanol–water partition coefficient (Wildman–Crippen LogP) is 0.446. The highest BCUT2D eigenvalue weighted by molar-refractivity contribution is 7.91. The summed E-state index contributed by atoms with van der Waals surface area (Å²) in [5, 5.41) is 0. The molecule has 1 amide bonds. The van der Waals surface area contributed by atoms with Crippen LogP contribution in [0.2, 0.25) is 0 Å². The van der Waals surface area contributed by atoms with Gasteiger partial charge in [-0.2, -0.15) is 0 Å². The highest BCUT2D eigenvalue weighted by Crippen LogP contribution is 2.21. The Morgan fingerprint density at radius 1 is 1.50 bits per heavy atom. The zero-order valence-electron chi connectivity index (χ0n) is 11.5. The van der Waals surface area contributed by atoms with Crippen LogP contribution in [-0.2, 0) is 26.0 Å². The van der Waals surface area contributed by atoms with Gasteiger partial charge in [0.2, 0.25) is 15.9 Å². The number of hydrogen-bond acceptors (Lipinski definition) is 5. The number of sulfonamides is 1. The van der Waals surface area contributed by atoms with Gasteiger partial charge >= 0.3 is 0 Å². The second-order valence-electron chi connectivity index (χ2n) is 4.63. The number of rotatable bonds is 5. The number of amides is 1. The fraction of sp³-hybridized carbons (Fsp3) is 0.583. The molecule has 0 aliphatic carbocycles. The van der Waals surface area contributed by atoms with Crippen molar-refractivity contribution < 1.29 is 17.9 Å². The summed E-state index contributed by atoms with van der Waals surface area (Å²) < 4.78 is 32.4. The summed E-state index contributed by atoms with van der Waals surface area (Å²) >= 11 is 1.27. The summed E-state index contributed by atoms with van der Waals surface area (Å²) in [6.07, 6.45) is 0.511. The molecule has 1 aromatic rings. The molecule has 0 saturated carbocycles. The number of carbonyl (C=O) groups is 1. The Labute approximate surface area is 122 Å². The Bertz CT molecular complexity index is 582. The first-order valence-corrected chi connectivity index (χ1v) is 8.66. The standard InChI is InChI=1S/C12H18N2O4S2/c1-3-10-4-5-12(19-10)20(16,17)13-6-9-7-14(2)11(15)8-18-9/h4-5,9,13H,3,6-8H2,1-2H3. The van der Waals surface area contributed by atoms with E-state index in [2.05, 4.69) is 4.72 Å². The van der Waals surface area contributed by atoms with E-state index in [1.807, 2.05) is 13.0 Å². The molecule has 0 radical (unpaired) electrons. The van der Waals surface area contributed by atoms with Crippen LogP contribution >= 0.6 is 11.3 Å². The van der Waals surface area contributed by atoms with Crippen LogP contribution in [0.25, 0.3) is 0 Å². The zero-order valence-corrected chi connectivity index (χ0v) is 13.1. The van der Waals surface area contributed by atoms with E-state index in [0.717, 1.165) is 11.3 Å². The number of morpholine rings is 1. The van der Waals surface area contributed by atoms with Crippen molar-refractivity contribution in [1.29, 1.82) is 0 Å². The van der Waals surface area contributed by atoms with E-state index in [-0.39, 0.29) is 25.2 Å². The summed E-state index contributed by atoms with van der Waals surface area (Å²) in [5.41, 5.74) is 0. The largest absolute Gasteiger partial charge is 0.365 e. The highest BCUT2D eigenvalue weighted by Gasteiger charge is 2.25. The first kappa shape index (κ1) is 15.4. The molecule has 1 aliphatic heterocycles. The van der Waals surface area contributed by atoms with Crippen molar-refractivity contribution >= 4 is 27.3 Å². The van der Waals surface area contributed by atoms with E-state index in [0.29, 0.717) is 10.8 Å². The number of likely N-dealkylation sites (N-methyl/N-ethyl adjacent to an activating group) is 1. The number of hydrogen-bond donors (Lipinski definition) is 1. The molecule has 1 saturated heterocycles. The molecule has 8 heteroatoms. The molecule has 2 rings (SSSR count). The molecule has 2 heterocycles. The van der Waals surface area contributed by atoms with Crippen molar-refractivity contribution in [3.05, 3.63) is 17.0 Å². The third-order valence-electron chi connectivity index (χ3n) is 3.10. The molecule has 1 aliphatic rings. The van der Waals surface area contributed by atoms with Gasteiger partial charge in [0.25, 0.3) is 0 Å². The maximum Gasteiger partial charge on any atom is 0.250 e. The highest BCUT2D eigenvalue weighted by atomic mass is 32.2. The normalized spacial score (nSPS) is 20.4. The second kappa shape index (κ2) is 6.21. The topological polar surface area (TPSA) is 75.7 Å². The summed E-state index contributed by atoms with van der Waals surface area (Å²) in [5.74, 6) is -0.0880. The molecule has 20 heavy (non-hydrogen) atoms. The van der Waals surface area contributed by atoms with E-state index in [9.17, 15) is 13.2 Å². The average Bonchev–Trinajstić information content (AvgIpc) is 2.90. The monoisotopic (exact) mass is 318 g/mol. The van der Waals surface area contributed by atoms with Crippen molar-refractivity contribution in [2.75, 3.05) is 26.7 Å². The fourth-order valence-corrected chi connectivity index (χ4v) is 4.26. The lowest BCUT2D eigenvalue weighted by Gasteiger charge is -2.29. The van der Waals surface area contributed by atoms with E-state index in [1.165, 1.54) is 11.3 Å². The van der Waals surface area contributed by atoms with Crippen molar-refractivity contribution in [2.45, 2.75) is 23.7 Å². The van der Waals surface area contributed by atoms with Gasteiger partial charge < -0.3 is 9.64 Å². The van der Waals surface area contributed by atoms with Crippen LogP contribution in [0.5, 0.6) is 0 Å². The fourth-order valence-electron chi connectivity index (χ4n) is 1.85. The average molecular weight is 318 g/mol. The van der Waals surface area contributed by atoms with Gasteiger partial charge in [0.15, 0.2) is 0 Å². The van der Waals surface area contributed by atoms with E-state index >= 15 is 0 Å². The Hall–Kier alpha value is -0.960. The SMILES string of the molecule is CCc1ccc(S(=O)(=O)NCC2CN(C)C(=O)CO2)s1. The molecular weight excluding hydrogens is 300 g/mol. The molecule has 6 nitrogen and oxygen atoms in total. The van der Waals surface area contributed by atoms with Gasteiger partial charge in [-0.25, -0.2) is 13.1 Å². The quantitative estimate of drug-likeness (QED) is 0.855. The van der Waals surface area contributed by atoms with Crippen LogP contribution in [0.1, 0.15) is 11.8 Å². The number of carbonyl (C=O) groups excluding carboxylic acids is 1. The summed E-state index contributed by atoms with van der Waals surface area (Å²) in [6, 6.07) is 3.44. The number of nitrogens with zero attached hydrogens (tertiary/aromatic N) is 1. The van der Waals surface area contributed by atoms with Gasteiger partial charge in [0, 0.05) is 25.0 Å². The van der Waals surface area contributed by atoms with E-state index in [1.54, 1.807) is 18.0 Å². The summed E-state index contributed by atoms with van der Waals surface area (Å²) in [4.78, 5) is 13.8. The zero-order chi connectivity index (χ0) is 14.8. The van der Waals surface area contributed by atoms with Gasteiger partial charge in [-0.15, -0.1) is 11.3 Å². The van der Waals surface area contributed by atoms with Crippen LogP contribution in [0, 0.1) is 0 Å². The molecule has 1 unspecified atom stereocenters. The molecule has 1 atom stereocenters. The Morgan fingerprint density at radius 2 is 2.25 bits per heavy atom. The van der Waals surface area contributed by atoms with Crippen LogP contribution < -0.4 is 4.72 Å². The minimum atomic E-state index is -3.49. The van der Waals surface area contributed by atoms with E-state index in [4.69, 9.17) is 4.74 Å². The number of thiophene rings is 1. The molecule has 1 aromatic heterocycles. The Morgan fingerprint density at radius 3 is 2.85 bits per heavy atom. The van der Waals surface area contributed by atoms with Crippen LogP contribution in [0.3, 0.4) is 0 Å². The molecule has 0 spiro atoms. The minimum absolute atomic E-state index is 0.00186. The van der Waals surface area contributed by atoms with Crippen molar-refractivity contribution in [1.82, 2.24) is 9.62 Å². The van der Waals surface area contributed by atoms with Gasteiger partial charge in [0.05, 0.1) is 6.10 Å². The van der Waals surface area contributed by atoms with Crippen LogP contribution in [0.15, 0.2) is 16.3 Å². The number of ether oxygens (including phenoxy) is 1. The maximum absolute atomic E-state index is 12.1. The smallest absolute Gasteiger partial charge is 0.250 e. The molecule has 0 bridgehead atoms. The second-order valence-corrected chi connectivity index (χ2v) is 7.80. The van der Waals surface area contributed by atoms with Crippen molar-refractivity contribution in [3.8, 4) is 0 Å². The molecule has 112 valence electrons. The lowest BCUT2D eigenvalue weighted by atomic mass is 10.3. The summed E-state index contributed by atoms with van der Waals surface area (Å²) in [6.45, 7) is 2.55. The minimum Gasteiger partial charge on any atom is -0.365 e. The van der Waals surface area contributed by atoms with Crippen LogP contribution in [-0.4, -0.2) is 52.1 Å². The number of nitrogens with one attached hydrogen (secondary N) is 1. The lowest BCUT2D eigenvalue weighted by molar-refractivity contribution is -0.146. The Kier molecular flexibility index (Phi) is 4.79. The number of aryl methyl sites for hydroxylation is 1. The lowest BCUT2D eigenvalue weighted by Crippen LogP contribution is -2.48. The third kappa shape index (κ3) is 3.57. The first-order chi connectivity index (χ1) is 9.42. The van der Waals surface area contributed by atoms with Crippen molar-refractivity contribution in [3.63, 3.8) is 0 Å². The summed E-state index contributed by atoms with van der Waals surface area (Å²) in [7, 11) is -1.82. The van der Waals surface area contributed by atoms with Gasteiger partial charge in [-0.1, -0.05) is 6.92 Å². The van der Waals surface area contributed by atoms with Gasteiger partial charge in [-0.3, -0.25) is 4.79 Å². The predicted molar refractivity (Wildman–Crippen MR) is 76.3 cm³/mol. The van der Waals surface area contributed by atoms with Gasteiger partial charge in [-0.05, 0) is 18.6 Å². The molecular formula is C12H18N2O4S2.